The van der Waals surface area contributed by atoms with E-state index in [0.29, 0.717) is 0 Å². The number of fused-ring (bicyclic) bond motifs is 6. The molecule has 2 heteroatoms. The Morgan fingerprint density at radius 2 is 0.658 bits per heavy atom. The van der Waals surface area contributed by atoms with E-state index in [1.807, 2.05) is 0 Å². The van der Waals surface area contributed by atoms with Gasteiger partial charge >= 0.3 is 0 Å². The number of anilines is 6. The summed E-state index contributed by atoms with van der Waals surface area (Å²) in [6.45, 7) is 9.74. The number of hydrogen-bond acceptors (Lipinski definition) is 2. The average molecular weight is 973 g/mol. The van der Waals surface area contributed by atoms with E-state index in [9.17, 15) is 0 Å². The zero-order valence-corrected chi connectivity index (χ0v) is 43.3. The molecule has 0 saturated heterocycles. The molecule has 2 aliphatic rings. The van der Waals surface area contributed by atoms with Gasteiger partial charge in [0.2, 0.25) is 0 Å². The Morgan fingerprint density at radius 1 is 0.276 bits per heavy atom. The third kappa shape index (κ3) is 7.39. The van der Waals surface area contributed by atoms with Gasteiger partial charge in [-0.25, -0.2) is 0 Å². The summed E-state index contributed by atoms with van der Waals surface area (Å²) in [7, 11) is 0. The molecule has 2 nitrogen and oxygen atoms in total. The van der Waals surface area contributed by atoms with Crippen LogP contribution in [0.5, 0.6) is 0 Å². The van der Waals surface area contributed by atoms with Crippen molar-refractivity contribution in [3.05, 3.63) is 289 Å². The lowest BCUT2D eigenvalue weighted by Crippen LogP contribution is -2.38. The molecular formula is C74H56N2. The highest BCUT2D eigenvalue weighted by Crippen LogP contribution is 2.62. The van der Waals surface area contributed by atoms with Gasteiger partial charge in [-0.3, -0.25) is 0 Å². The van der Waals surface area contributed by atoms with Gasteiger partial charge in [-0.15, -0.1) is 0 Å². The maximum Gasteiger partial charge on any atom is 0.0544 e. The van der Waals surface area contributed by atoms with Crippen molar-refractivity contribution in [1.82, 2.24) is 0 Å². The molecule has 76 heavy (non-hydrogen) atoms. The van der Waals surface area contributed by atoms with E-state index in [4.69, 9.17) is 0 Å². The van der Waals surface area contributed by atoms with Crippen LogP contribution in [0, 0.1) is 0 Å². The van der Waals surface area contributed by atoms with E-state index in [1.54, 1.807) is 0 Å². The van der Waals surface area contributed by atoms with Gasteiger partial charge in [-0.05, 0) is 172 Å². The first kappa shape index (κ1) is 45.4. The van der Waals surface area contributed by atoms with E-state index >= 15 is 0 Å². The Bertz CT molecular complexity index is 4070. The molecule has 0 unspecified atom stereocenters. The van der Waals surface area contributed by atoms with Crippen LogP contribution in [-0.4, -0.2) is 0 Å². The molecule has 0 bridgehead atoms. The van der Waals surface area contributed by atoms with Crippen molar-refractivity contribution in [2.45, 2.75) is 38.5 Å². The molecule has 0 saturated carbocycles. The standard InChI is InChI=1S/C74H56N2/c1-73(2)66-45-56(50-20-10-6-11-21-50)33-42-70(66)76-71-43-34-57(51-22-12-7-13-23-51)46-67(71)74(3,4)69-48-58(47-68(73)72(69)76)63-41-40-62(64-26-16-17-27-65(63)64)54-31-37-60(38-32-54)75(61-39-30-52-24-14-15-25-55(52)44-61)59-35-28-53(29-36-59)49-18-8-5-9-19-49/h5-48H,1-4H3. The van der Waals surface area contributed by atoms with Crippen LogP contribution in [0.15, 0.2) is 267 Å². The zero-order valence-electron chi connectivity index (χ0n) is 43.3. The highest BCUT2D eigenvalue weighted by molar-refractivity contribution is 6.06. The van der Waals surface area contributed by atoms with Gasteiger partial charge in [-0.1, -0.05) is 222 Å². The predicted octanol–water partition coefficient (Wildman–Crippen LogP) is 20.5. The maximum atomic E-state index is 2.59. The van der Waals surface area contributed by atoms with Gasteiger partial charge in [0.25, 0.3) is 0 Å². The Morgan fingerprint density at radius 3 is 1.17 bits per heavy atom. The fourth-order valence-electron chi connectivity index (χ4n) is 12.5. The molecule has 14 rings (SSSR count). The van der Waals surface area contributed by atoms with Gasteiger partial charge in [0, 0.05) is 27.9 Å². The molecule has 0 aliphatic carbocycles. The summed E-state index contributed by atoms with van der Waals surface area (Å²) in [6, 6.07) is 98.8. The summed E-state index contributed by atoms with van der Waals surface area (Å²) < 4.78 is 0. The van der Waals surface area contributed by atoms with Crippen molar-refractivity contribution in [1.29, 1.82) is 0 Å². The van der Waals surface area contributed by atoms with Crippen LogP contribution in [0.3, 0.4) is 0 Å². The molecule has 2 heterocycles. The number of rotatable bonds is 8. The van der Waals surface area contributed by atoms with Gasteiger partial charge in [0.15, 0.2) is 0 Å². The molecule has 12 aromatic rings. The minimum absolute atomic E-state index is 0.309. The SMILES string of the molecule is CC1(C)c2cc(-c3ccccc3)ccc2N2c3ccc(-c4ccccc4)cc3C(C)(C)c3cc(-c4ccc(-c5ccc(N(c6ccc(-c7ccccc7)cc6)c6ccc7ccccc7c6)cc5)c5ccccc45)cc1c32. The Hall–Kier alpha value is -9.24. The summed E-state index contributed by atoms with van der Waals surface area (Å²) in [5.41, 5.74) is 24.1. The molecule has 0 radical (unpaired) electrons. The first-order chi connectivity index (χ1) is 37.2. The van der Waals surface area contributed by atoms with Crippen molar-refractivity contribution in [3.63, 3.8) is 0 Å². The van der Waals surface area contributed by atoms with Gasteiger partial charge in [-0.2, -0.15) is 0 Å². The summed E-state index contributed by atoms with van der Waals surface area (Å²) >= 11 is 0. The van der Waals surface area contributed by atoms with E-state index < -0.39 is 0 Å². The second kappa shape index (κ2) is 17.7. The molecule has 0 spiro atoms. The quantitative estimate of drug-likeness (QED) is 0.150. The molecule has 12 aromatic carbocycles. The lowest BCUT2D eigenvalue weighted by Gasteiger charge is -2.50. The minimum Gasteiger partial charge on any atom is -0.310 e. The third-order valence-corrected chi connectivity index (χ3v) is 16.6. The first-order valence-corrected chi connectivity index (χ1v) is 26.7. The average Bonchev–Trinajstić information content (AvgIpc) is 3.58. The lowest BCUT2D eigenvalue weighted by atomic mass is 9.65. The van der Waals surface area contributed by atoms with Crippen molar-refractivity contribution in [2.24, 2.45) is 0 Å². The molecule has 0 aromatic heterocycles. The monoisotopic (exact) mass is 972 g/mol. The summed E-state index contributed by atoms with van der Waals surface area (Å²) in [5, 5.41) is 4.92. The highest BCUT2D eigenvalue weighted by atomic mass is 15.2. The van der Waals surface area contributed by atoms with Crippen LogP contribution in [0.25, 0.3) is 77.2 Å². The zero-order chi connectivity index (χ0) is 51.1. The van der Waals surface area contributed by atoms with Gasteiger partial charge < -0.3 is 9.80 Å². The highest BCUT2D eigenvalue weighted by Gasteiger charge is 2.46. The largest absolute Gasteiger partial charge is 0.310 e. The Labute approximate surface area is 446 Å². The number of nitrogens with zero attached hydrogens (tertiary/aromatic N) is 2. The molecule has 0 atom stereocenters. The Kier molecular flexibility index (Phi) is 10.6. The van der Waals surface area contributed by atoms with Crippen molar-refractivity contribution in [2.75, 3.05) is 9.80 Å². The van der Waals surface area contributed by atoms with Crippen molar-refractivity contribution in [3.8, 4) is 55.6 Å². The van der Waals surface area contributed by atoms with Gasteiger partial charge in [0.05, 0.1) is 17.1 Å². The normalized spacial score (nSPS) is 13.7. The predicted molar refractivity (Wildman–Crippen MR) is 322 cm³/mol. The van der Waals surface area contributed by atoms with Crippen LogP contribution in [0.1, 0.15) is 49.9 Å². The molecule has 0 N–H and O–H groups in total. The van der Waals surface area contributed by atoms with Crippen LogP contribution in [0.2, 0.25) is 0 Å². The molecule has 362 valence electrons. The van der Waals surface area contributed by atoms with Crippen molar-refractivity contribution >= 4 is 55.7 Å². The topological polar surface area (TPSA) is 6.48 Å². The van der Waals surface area contributed by atoms with Crippen LogP contribution in [0.4, 0.5) is 34.1 Å². The van der Waals surface area contributed by atoms with E-state index in [1.165, 1.54) is 116 Å². The number of benzene rings is 12. The molecule has 0 amide bonds. The van der Waals surface area contributed by atoms with Crippen LogP contribution in [-0.2, 0) is 10.8 Å². The maximum absolute atomic E-state index is 2.59. The summed E-state index contributed by atoms with van der Waals surface area (Å²) in [4.78, 5) is 4.96. The van der Waals surface area contributed by atoms with Crippen molar-refractivity contribution < 1.29 is 0 Å². The lowest BCUT2D eigenvalue weighted by molar-refractivity contribution is 0.598. The van der Waals surface area contributed by atoms with E-state index in [0.717, 1.165) is 17.1 Å². The van der Waals surface area contributed by atoms with Crippen LogP contribution < -0.4 is 9.80 Å². The smallest absolute Gasteiger partial charge is 0.0544 e. The minimum atomic E-state index is -0.309. The summed E-state index contributed by atoms with van der Waals surface area (Å²) in [5.74, 6) is 0. The Balaban J connectivity index is 0.897. The second-order valence-corrected chi connectivity index (χ2v) is 21.7. The molecule has 0 fully saturated rings. The fraction of sp³-hybridized carbons (Fsp3) is 0.0811. The number of hydrogen-bond donors (Lipinski definition) is 0. The third-order valence-electron chi connectivity index (χ3n) is 16.6. The summed E-state index contributed by atoms with van der Waals surface area (Å²) in [6.07, 6.45) is 0. The molecule has 2 aliphatic heterocycles. The second-order valence-electron chi connectivity index (χ2n) is 21.7. The van der Waals surface area contributed by atoms with Crippen LogP contribution >= 0.6 is 0 Å². The van der Waals surface area contributed by atoms with Gasteiger partial charge in [0.1, 0.15) is 0 Å². The first-order valence-electron chi connectivity index (χ1n) is 26.7. The van der Waals surface area contributed by atoms with E-state index in [-0.39, 0.29) is 10.8 Å². The fourth-order valence-corrected chi connectivity index (χ4v) is 12.5. The van der Waals surface area contributed by atoms with E-state index in [2.05, 4.69) is 304 Å². The molecular weight excluding hydrogens is 917 g/mol.